The van der Waals surface area contributed by atoms with E-state index >= 15 is 0 Å². The van der Waals surface area contributed by atoms with Crippen LogP contribution in [0.25, 0.3) is 0 Å². The molecule has 2 aliphatic rings. The van der Waals surface area contributed by atoms with Crippen molar-refractivity contribution < 1.29 is 31.1 Å². The van der Waals surface area contributed by atoms with Crippen LogP contribution in [-0.4, -0.2) is 60.6 Å². The number of nitrogens with two attached hydrogens (primary N) is 1. The van der Waals surface area contributed by atoms with E-state index < -0.39 is 33.8 Å². The van der Waals surface area contributed by atoms with Crippen LogP contribution in [0.1, 0.15) is 5.56 Å². The number of hydrogen-bond acceptors (Lipinski definition) is 8. The summed E-state index contributed by atoms with van der Waals surface area (Å²) in [5.41, 5.74) is 4.63. The number of nitrogens with zero attached hydrogens (tertiary/aromatic N) is 1. The first-order valence-electron chi connectivity index (χ1n) is 9.17. The number of fused-ring (bicyclic) bond motifs is 1. The first-order chi connectivity index (χ1) is 14.4. The lowest BCUT2D eigenvalue weighted by Gasteiger charge is -2.36. The molecular weight excluding hydrogens is 437 g/mol. The van der Waals surface area contributed by atoms with Crippen LogP contribution in [-0.2, 0) is 20.2 Å². The maximum absolute atomic E-state index is 13.5. The van der Waals surface area contributed by atoms with Gasteiger partial charge in [0.05, 0.1) is 30.7 Å². The molecule has 3 rings (SSSR count). The smallest absolute Gasteiger partial charge is 0.415 e. The number of aliphatic imine (C=N–C) groups is 1. The monoisotopic (exact) mass is 460 g/mol. The van der Waals surface area contributed by atoms with Crippen molar-refractivity contribution in [1.29, 1.82) is 0 Å². The van der Waals surface area contributed by atoms with Crippen LogP contribution in [0.5, 0.6) is 5.75 Å². The van der Waals surface area contributed by atoms with Gasteiger partial charge in [-0.25, -0.2) is 8.42 Å². The molecule has 0 saturated heterocycles. The summed E-state index contributed by atoms with van der Waals surface area (Å²) in [5, 5.41) is 5.79. The van der Waals surface area contributed by atoms with Gasteiger partial charge in [0.25, 0.3) is 0 Å². The van der Waals surface area contributed by atoms with Gasteiger partial charge in [0.15, 0.2) is 9.84 Å². The average Bonchev–Trinajstić information content (AvgIpc) is 3.11. The zero-order valence-corrected chi connectivity index (χ0v) is 17.9. The van der Waals surface area contributed by atoms with Crippen molar-refractivity contribution in [3.63, 3.8) is 0 Å². The van der Waals surface area contributed by atoms with E-state index in [1.54, 1.807) is 0 Å². The third-order valence-electron chi connectivity index (χ3n) is 4.91. The molecule has 2 aliphatic heterocycles. The fourth-order valence-corrected chi connectivity index (χ4v) is 4.07. The summed E-state index contributed by atoms with van der Waals surface area (Å²) in [6.07, 6.45) is -2.10. The number of methoxy groups -OCH3 is 2. The number of nitrogens with one attached hydrogen (secondary N) is 2. The van der Waals surface area contributed by atoms with E-state index in [1.807, 2.05) is 0 Å². The van der Waals surface area contributed by atoms with E-state index in [2.05, 4.69) is 15.6 Å². The standard InChI is InChI=1S/C19H23F3N4O4S/c1-29-7-6-24-14-9-18(23,26-17-16(14)13(10-25-17)19(20,21)22)12-5-4-11(31(3,27)28)8-15(12)30-2/h4-5,8-9,24H,6-7,10,23H2,1-3H3,(H,25,26). The second-order valence-electron chi connectivity index (χ2n) is 7.12. The Labute approximate surface area is 177 Å². The molecule has 1 aromatic carbocycles. The molecule has 170 valence electrons. The number of ether oxygens (including phenoxy) is 2. The van der Waals surface area contributed by atoms with Gasteiger partial charge in [-0.1, -0.05) is 0 Å². The summed E-state index contributed by atoms with van der Waals surface area (Å²) in [4.78, 5) is 4.02. The largest absolute Gasteiger partial charge is 0.496 e. The fourth-order valence-electron chi connectivity index (χ4n) is 3.43. The molecule has 0 saturated carbocycles. The van der Waals surface area contributed by atoms with Crippen LogP contribution in [0.15, 0.2) is 51.0 Å². The highest BCUT2D eigenvalue weighted by atomic mass is 32.2. The Hall–Kier alpha value is -2.57. The third kappa shape index (κ3) is 4.55. The summed E-state index contributed by atoms with van der Waals surface area (Å²) >= 11 is 0. The molecule has 31 heavy (non-hydrogen) atoms. The quantitative estimate of drug-likeness (QED) is 0.524. The molecule has 2 heterocycles. The van der Waals surface area contributed by atoms with Crippen molar-refractivity contribution in [1.82, 2.24) is 10.6 Å². The fraction of sp³-hybridized carbons (Fsp3) is 0.421. The first-order valence-corrected chi connectivity index (χ1v) is 11.1. The average molecular weight is 460 g/mol. The minimum atomic E-state index is -4.56. The van der Waals surface area contributed by atoms with Crippen molar-refractivity contribution in [3.8, 4) is 5.75 Å². The highest BCUT2D eigenvalue weighted by Crippen LogP contribution is 2.39. The lowest BCUT2D eigenvalue weighted by Crippen LogP contribution is -2.56. The molecule has 0 aliphatic carbocycles. The molecule has 1 unspecified atom stereocenters. The third-order valence-corrected chi connectivity index (χ3v) is 6.02. The number of hydrogen-bond donors (Lipinski definition) is 3. The molecule has 0 spiro atoms. The number of sulfone groups is 1. The summed E-state index contributed by atoms with van der Waals surface area (Å²) in [7, 11) is -0.684. The Kier molecular flexibility index (Phi) is 6.09. The van der Waals surface area contributed by atoms with Gasteiger partial charge in [0.1, 0.15) is 17.2 Å². The van der Waals surface area contributed by atoms with Crippen molar-refractivity contribution in [2.75, 3.05) is 40.2 Å². The van der Waals surface area contributed by atoms with Gasteiger partial charge in [-0.2, -0.15) is 13.2 Å². The van der Waals surface area contributed by atoms with Gasteiger partial charge in [0, 0.05) is 36.7 Å². The van der Waals surface area contributed by atoms with E-state index in [0.29, 0.717) is 5.56 Å². The molecule has 1 aromatic rings. The Balaban J connectivity index is 2.15. The zero-order chi connectivity index (χ0) is 23.0. The van der Waals surface area contributed by atoms with Crippen LogP contribution < -0.4 is 21.1 Å². The Morgan fingerprint density at radius 1 is 1.32 bits per heavy atom. The summed E-state index contributed by atoms with van der Waals surface area (Å²) in [6, 6.07) is 4.13. The number of rotatable bonds is 7. The molecule has 0 bridgehead atoms. The highest BCUT2D eigenvalue weighted by Gasteiger charge is 2.45. The Bertz CT molecular complexity index is 1080. The van der Waals surface area contributed by atoms with Crippen molar-refractivity contribution in [2.24, 2.45) is 10.7 Å². The molecule has 0 amide bonds. The highest BCUT2D eigenvalue weighted by molar-refractivity contribution is 7.90. The number of alkyl halides is 3. The minimum absolute atomic E-state index is 0.00788. The number of benzene rings is 1. The lowest BCUT2D eigenvalue weighted by atomic mass is 9.90. The molecule has 4 N–H and O–H groups in total. The maximum atomic E-state index is 13.5. The molecule has 0 aromatic heterocycles. The van der Waals surface area contributed by atoms with Gasteiger partial charge < -0.3 is 25.8 Å². The van der Waals surface area contributed by atoms with Crippen LogP contribution >= 0.6 is 0 Å². The number of amidine groups is 1. The van der Waals surface area contributed by atoms with Crippen molar-refractivity contribution in [3.05, 3.63) is 46.7 Å². The normalized spacial score (nSPS) is 21.3. The molecule has 1 atom stereocenters. The van der Waals surface area contributed by atoms with Crippen LogP contribution in [0.2, 0.25) is 0 Å². The van der Waals surface area contributed by atoms with Gasteiger partial charge in [-0.15, -0.1) is 0 Å². The molecule has 0 fully saturated rings. The van der Waals surface area contributed by atoms with Gasteiger partial charge in [0.2, 0.25) is 0 Å². The van der Waals surface area contributed by atoms with Crippen molar-refractivity contribution >= 4 is 15.7 Å². The van der Waals surface area contributed by atoms with E-state index in [4.69, 9.17) is 15.2 Å². The molecule has 0 radical (unpaired) electrons. The molecule has 8 nitrogen and oxygen atoms in total. The van der Waals surface area contributed by atoms with E-state index in [-0.39, 0.29) is 40.9 Å². The van der Waals surface area contributed by atoms with E-state index in [1.165, 1.54) is 38.5 Å². The zero-order valence-electron chi connectivity index (χ0n) is 17.1. The summed E-state index contributed by atoms with van der Waals surface area (Å²) in [6.45, 7) is -0.0367. The Morgan fingerprint density at radius 2 is 2.03 bits per heavy atom. The minimum Gasteiger partial charge on any atom is -0.496 e. The predicted molar refractivity (Wildman–Crippen MR) is 108 cm³/mol. The van der Waals surface area contributed by atoms with Crippen LogP contribution in [0.4, 0.5) is 13.2 Å². The molecular formula is C19H23F3N4O4S. The second kappa shape index (κ2) is 8.17. The second-order valence-corrected chi connectivity index (χ2v) is 9.14. The van der Waals surface area contributed by atoms with Gasteiger partial charge >= 0.3 is 6.18 Å². The van der Waals surface area contributed by atoms with Crippen molar-refractivity contribution in [2.45, 2.75) is 16.7 Å². The van der Waals surface area contributed by atoms with Crippen LogP contribution in [0.3, 0.4) is 0 Å². The predicted octanol–water partition coefficient (Wildman–Crippen LogP) is 1.20. The summed E-state index contributed by atoms with van der Waals surface area (Å²) in [5.74, 6) is 0.152. The van der Waals surface area contributed by atoms with Gasteiger partial charge in [-0.05, 0) is 24.3 Å². The van der Waals surface area contributed by atoms with E-state index in [9.17, 15) is 21.6 Å². The first kappa shape index (κ1) is 23.1. The SMILES string of the molecule is COCCNC1=CC(N)(c2ccc(S(C)(=O)=O)cc2OC)NC2=NCC(C(F)(F)F)=C12. The molecule has 12 heteroatoms. The van der Waals surface area contributed by atoms with Gasteiger partial charge in [-0.3, -0.25) is 4.99 Å². The maximum Gasteiger partial charge on any atom is 0.415 e. The number of halogens is 3. The topological polar surface area (TPSA) is 115 Å². The van der Waals surface area contributed by atoms with E-state index in [0.717, 1.165) is 6.26 Å². The van der Waals surface area contributed by atoms with Crippen LogP contribution in [0, 0.1) is 0 Å². The lowest BCUT2D eigenvalue weighted by molar-refractivity contribution is -0.0922. The summed E-state index contributed by atoms with van der Waals surface area (Å²) < 4.78 is 74.7. The Morgan fingerprint density at radius 3 is 2.61 bits per heavy atom.